The number of aryl methyl sites for hydroxylation is 1. The highest BCUT2D eigenvalue weighted by molar-refractivity contribution is 5.90. The topological polar surface area (TPSA) is 53.1 Å². The van der Waals surface area contributed by atoms with E-state index in [1.165, 1.54) is 17.9 Å². The van der Waals surface area contributed by atoms with Crippen LogP contribution in [-0.2, 0) is 7.05 Å². The maximum absolute atomic E-state index is 13.7. The van der Waals surface area contributed by atoms with Crippen molar-refractivity contribution in [2.75, 3.05) is 12.8 Å². The van der Waals surface area contributed by atoms with Gasteiger partial charge in [-0.25, -0.2) is 4.39 Å². The Bertz CT molecular complexity index is 492. The lowest BCUT2D eigenvalue weighted by Crippen LogP contribution is -1.95. The third kappa shape index (κ3) is 1.02. The van der Waals surface area contributed by atoms with Crippen LogP contribution < -0.4 is 10.5 Å². The number of benzene rings is 1. The first-order chi connectivity index (χ1) is 6.65. The van der Waals surface area contributed by atoms with E-state index >= 15 is 0 Å². The molecule has 0 aliphatic rings. The number of halogens is 1. The van der Waals surface area contributed by atoms with Crippen LogP contribution in [-0.4, -0.2) is 16.9 Å². The third-order valence-electron chi connectivity index (χ3n) is 2.16. The normalized spacial score (nSPS) is 10.8. The number of rotatable bonds is 1. The molecule has 1 heterocycles. The molecule has 0 saturated heterocycles. The number of nitrogens with zero attached hydrogens (tertiary/aromatic N) is 2. The zero-order valence-corrected chi connectivity index (χ0v) is 7.91. The van der Waals surface area contributed by atoms with Gasteiger partial charge in [0, 0.05) is 12.4 Å². The molecular weight excluding hydrogens is 185 g/mol. The Morgan fingerprint density at radius 1 is 1.50 bits per heavy atom. The van der Waals surface area contributed by atoms with E-state index < -0.39 is 5.82 Å². The molecule has 0 radical (unpaired) electrons. The van der Waals surface area contributed by atoms with Crippen LogP contribution in [0.2, 0.25) is 0 Å². The second-order valence-electron chi connectivity index (χ2n) is 2.99. The highest BCUT2D eigenvalue weighted by atomic mass is 19.1. The zero-order chi connectivity index (χ0) is 10.3. The smallest absolute Gasteiger partial charge is 0.190 e. The Hall–Kier alpha value is -1.78. The molecule has 0 atom stereocenters. The first-order valence-electron chi connectivity index (χ1n) is 4.10. The van der Waals surface area contributed by atoms with Crippen molar-refractivity contribution in [2.24, 2.45) is 7.05 Å². The lowest BCUT2D eigenvalue weighted by molar-refractivity contribution is 0.388. The zero-order valence-electron chi connectivity index (χ0n) is 7.91. The standard InChI is InChI=1S/C9H10FN3O/c1-13-8-5(9(11)12-13)3-4-6(14-2)7(8)10/h3-4H,1-2H3,(H2,11,12). The number of nitrogen functional groups attached to an aromatic ring is 1. The van der Waals surface area contributed by atoms with E-state index in [9.17, 15) is 4.39 Å². The van der Waals surface area contributed by atoms with Gasteiger partial charge in [0.05, 0.1) is 7.11 Å². The van der Waals surface area contributed by atoms with Gasteiger partial charge in [-0.05, 0) is 12.1 Å². The van der Waals surface area contributed by atoms with Gasteiger partial charge in [0.25, 0.3) is 0 Å². The summed E-state index contributed by atoms with van der Waals surface area (Å²) in [5.74, 6) is 0.0845. The average molecular weight is 195 g/mol. The summed E-state index contributed by atoms with van der Waals surface area (Å²) in [4.78, 5) is 0. The quantitative estimate of drug-likeness (QED) is 0.746. The molecular formula is C9H10FN3O. The predicted octanol–water partition coefficient (Wildman–Crippen LogP) is 1.30. The van der Waals surface area contributed by atoms with Crippen molar-refractivity contribution < 1.29 is 9.13 Å². The van der Waals surface area contributed by atoms with Crippen LogP contribution >= 0.6 is 0 Å². The van der Waals surface area contributed by atoms with Crippen LogP contribution in [0.1, 0.15) is 0 Å². The minimum absolute atomic E-state index is 0.195. The SMILES string of the molecule is COc1ccc2c(N)nn(C)c2c1F. The second kappa shape index (κ2) is 2.87. The van der Waals surface area contributed by atoms with E-state index in [0.29, 0.717) is 16.7 Å². The van der Waals surface area contributed by atoms with Crippen molar-refractivity contribution in [1.82, 2.24) is 9.78 Å². The van der Waals surface area contributed by atoms with Crippen LogP contribution in [0.5, 0.6) is 5.75 Å². The van der Waals surface area contributed by atoms with Gasteiger partial charge < -0.3 is 10.5 Å². The highest BCUT2D eigenvalue weighted by Crippen LogP contribution is 2.28. The van der Waals surface area contributed by atoms with Crippen molar-refractivity contribution in [2.45, 2.75) is 0 Å². The van der Waals surface area contributed by atoms with E-state index in [-0.39, 0.29) is 5.75 Å². The summed E-state index contributed by atoms with van der Waals surface area (Å²) in [6, 6.07) is 3.23. The number of hydrogen-bond donors (Lipinski definition) is 1. The molecule has 74 valence electrons. The minimum atomic E-state index is -0.434. The van der Waals surface area contributed by atoms with Crippen LogP contribution in [0.4, 0.5) is 10.2 Å². The van der Waals surface area contributed by atoms with E-state index in [1.807, 2.05) is 0 Å². The van der Waals surface area contributed by atoms with Crippen molar-refractivity contribution in [3.05, 3.63) is 17.9 Å². The van der Waals surface area contributed by atoms with E-state index in [1.54, 1.807) is 13.1 Å². The third-order valence-corrected chi connectivity index (χ3v) is 2.16. The summed E-state index contributed by atoms with van der Waals surface area (Å²) in [5.41, 5.74) is 5.96. The summed E-state index contributed by atoms with van der Waals surface area (Å²) in [6.07, 6.45) is 0. The maximum atomic E-state index is 13.7. The number of methoxy groups -OCH3 is 1. The van der Waals surface area contributed by atoms with E-state index in [0.717, 1.165) is 0 Å². The van der Waals surface area contributed by atoms with Crippen LogP contribution in [0.3, 0.4) is 0 Å². The molecule has 1 aromatic heterocycles. The summed E-state index contributed by atoms with van der Waals surface area (Å²) >= 11 is 0. The molecule has 2 aromatic rings. The Morgan fingerprint density at radius 2 is 2.21 bits per heavy atom. The van der Waals surface area contributed by atoms with Gasteiger partial charge in [0.15, 0.2) is 17.4 Å². The fourth-order valence-corrected chi connectivity index (χ4v) is 1.49. The number of anilines is 1. The van der Waals surface area contributed by atoms with Gasteiger partial charge in [-0.1, -0.05) is 0 Å². The van der Waals surface area contributed by atoms with Crippen LogP contribution in [0.15, 0.2) is 12.1 Å². The van der Waals surface area contributed by atoms with Gasteiger partial charge >= 0.3 is 0 Å². The van der Waals surface area contributed by atoms with Crippen molar-refractivity contribution in [3.63, 3.8) is 0 Å². The Balaban J connectivity index is 2.87. The van der Waals surface area contributed by atoms with Crippen molar-refractivity contribution in [1.29, 1.82) is 0 Å². The summed E-state index contributed by atoms with van der Waals surface area (Å²) in [6.45, 7) is 0. The monoisotopic (exact) mass is 195 g/mol. The van der Waals surface area contributed by atoms with Crippen molar-refractivity contribution in [3.8, 4) is 5.75 Å². The molecule has 14 heavy (non-hydrogen) atoms. The number of hydrogen-bond acceptors (Lipinski definition) is 3. The molecule has 2 N–H and O–H groups in total. The van der Waals surface area contributed by atoms with Crippen molar-refractivity contribution >= 4 is 16.7 Å². The molecule has 1 aromatic carbocycles. The fourth-order valence-electron chi connectivity index (χ4n) is 1.49. The largest absolute Gasteiger partial charge is 0.494 e. The second-order valence-corrected chi connectivity index (χ2v) is 2.99. The molecule has 0 saturated carbocycles. The minimum Gasteiger partial charge on any atom is -0.494 e. The summed E-state index contributed by atoms with van der Waals surface area (Å²) in [7, 11) is 3.06. The van der Waals surface area contributed by atoms with E-state index in [2.05, 4.69) is 5.10 Å². The van der Waals surface area contributed by atoms with E-state index in [4.69, 9.17) is 10.5 Å². The first kappa shape index (κ1) is 8.80. The Morgan fingerprint density at radius 3 is 2.86 bits per heavy atom. The molecule has 5 heteroatoms. The highest BCUT2D eigenvalue weighted by Gasteiger charge is 2.14. The molecule has 0 aliphatic carbocycles. The molecule has 0 fully saturated rings. The van der Waals surface area contributed by atoms with Gasteiger partial charge in [-0.3, -0.25) is 4.68 Å². The lowest BCUT2D eigenvalue weighted by atomic mass is 10.2. The van der Waals surface area contributed by atoms with Crippen LogP contribution in [0.25, 0.3) is 10.9 Å². The molecule has 2 rings (SSSR count). The summed E-state index contributed by atoms with van der Waals surface area (Å²) < 4.78 is 20.0. The Labute approximate surface area is 80.1 Å². The average Bonchev–Trinajstić information content (AvgIpc) is 2.44. The maximum Gasteiger partial charge on any atom is 0.190 e. The van der Waals surface area contributed by atoms with Gasteiger partial charge in [0.1, 0.15) is 5.52 Å². The molecule has 4 nitrogen and oxygen atoms in total. The molecule has 0 unspecified atom stereocenters. The number of fused-ring (bicyclic) bond motifs is 1. The molecule has 0 aliphatic heterocycles. The van der Waals surface area contributed by atoms with Crippen LogP contribution in [0, 0.1) is 5.82 Å². The Kier molecular flexibility index (Phi) is 1.80. The summed E-state index contributed by atoms with van der Waals surface area (Å²) in [5, 5.41) is 4.53. The predicted molar refractivity (Wildman–Crippen MR) is 51.6 cm³/mol. The number of aromatic nitrogens is 2. The van der Waals surface area contributed by atoms with Gasteiger partial charge in [0.2, 0.25) is 0 Å². The molecule has 0 spiro atoms. The lowest BCUT2D eigenvalue weighted by Gasteiger charge is -2.02. The van der Waals surface area contributed by atoms with Gasteiger partial charge in [-0.15, -0.1) is 0 Å². The first-order valence-corrected chi connectivity index (χ1v) is 4.10. The number of ether oxygens (including phenoxy) is 1. The fraction of sp³-hybridized carbons (Fsp3) is 0.222. The molecule has 0 amide bonds. The number of nitrogens with two attached hydrogens (primary N) is 1. The molecule has 0 bridgehead atoms. The van der Waals surface area contributed by atoms with Gasteiger partial charge in [-0.2, -0.15) is 5.10 Å².